The standard InChI is InChI=1S/C13H17FN2O3/c1-2-19-8-12(17)16-11(13(15)18)7-9-3-5-10(14)6-4-9/h3-6,11H,2,7-8H2,1H3,(H2,15,18)(H,16,17)/t11-/m0/s1. The van der Waals surface area contributed by atoms with Crippen LogP contribution in [0.15, 0.2) is 24.3 Å². The highest BCUT2D eigenvalue weighted by atomic mass is 19.1. The number of halogens is 1. The summed E-state index contributed by atoms with van der Waals surface area (Å²) in [7, 11) is 0. The number of rotatable bonds is 7. The zero-order valence-corrected chi connectivity index (χ0v) is 10.7. The largest absolute Gasteiger partial charge is 0.372 e. The smallest absolute Gasteiger partial charge is 0.246 e. The van der Waals surface area contributed by atoms with Crippen molar-refractivity contribution in [3.63, 3.8) is 0 Å². The van der Waals surface area contributed by atoms with Crippen molar-refractivity contribution in [1.82, 2.24) is 5.32 Å². The number of nitrogens with one attached hydrogen (secondary N) is 1. The monoisotopic (exact) mass is 268 g/mol. The van der Waals surface area contributed by atoms with E-state index >= 15 is 0 Å². The van der Waals surface area contributed by atoms with Crippen molar-refractivity contribution in [2.75, 3.05) is 13.2 Å². The lowest BCUT2D eigenvalue weighted by Crippen LogP contribution is -2.47. The maximum Gasteiger partial charge on any atom is 0.246 e. The highest BCUT2D eigenvalue weighted by Gasteiger charge is 2.18. The lowest BCUT2D eigenvalue weighted by molar-refractivity contribution is -0.130. The van der Waals surface area contributed by atoms with Gasteiger partial charge < -0.3 is 15.8 Å². The summed E-state index contributed by atoms with van der Waals surface area (Å²) in [5, 5.41) is 2.48. The second-order valence-electron chi connectivity index (χ2n) is 3.99. The van der Waals surface area contributed by atoms with Crippen LogP contribution >= 0.6 is 0 Å². The van der Waals surface area contributed by atoms with Crippen molar-refractivity contribution in [2.24, 2.45) is 5.73 Å². The second-order valence-corrected chi connectivity index (χ2v) is 3.99. The van der Waals surface area contributed by atoms with E-state index in [1.54, 1.807) is 19.1 Å². The molecule has 0 unspecified atom stereocenters. The summed E-state index contributed by atoms with van der Waals surface area (Å²) in [5.74, 6) is -1.42. The normalized spacial score (nSPS) is 11.9. The number of hydrogen-bond acceptors (Lipinski definition) is 3. The topological polar surface area (TPSA) is 81.4 Å². The summed E-state index contributed by atoms with van der Waals surface area (Å²) in [5.41, 5.74) is 5.93. The minimum atomic E-state index is -0.835. The molecule has 0 fully saturated rings. The number of hydrogen-bond donors (Lipinski definition) is 2. The predicted molar refractivity (Wildman–Crippen MR) is 67.7 cm³/mol. The number of carbonyl (C=O) groups is 2. The number of carbonyl (C=O) groups excluding carboxylic acids is 2. The van der Waals surface area contributed by atoms with Crippen LogP contribution in [0.2, 0.25) is 0 Å². The van der Waals surface area contributed by atoms with Crippen molar-refractivity contribution >= 4 is 11.8 Å². The van der Waals surface area contributed by atoms with E-state index < -0.39 is 17.9 Å². The fourth-order valence-corrected chi connectivity index (χ4v) is 1.51. The van der Waals surface area contributed by atoms with Crippen molar-refractivity contribution in [3.05, 3.63) is 35.6 Å². The van der Waals surface area contributed by atoms with E-state index in [-0.39, 0.29) is 18.8 Å². The third-order valence-electron chi connectivity index (χ3n) is 2.47. The van der Waals surface area contributed by atoms with E-state index in [0.717, 1.165) is 0 Å². The summed E-state index contributed by atoms with van der Waals surface area (Å²) >= 11 is 0. The molecule has 0 saturated heterocycles. The van der Waals surface area contributed by atoms with Gasteiger partial charge in [0.15, 0.2) is 0 Å². The predicted octanol–water partition coefficient (Wildman–Crippen LogP) is 0.375. The van der Waals surface area contributed by atoms with Gasteiger partial charge in [0, 0.05) is 13.0 Å². The molecule has 3 N–H and O–H groups in total. The third kappa shape index (κ3) is 5.48. The summed E-state index contributed by atoms with van der Waals surface area (Å²) in [4.78, 5) is 22.7. The van der Waals surface area contributed by atoms with Gasteiger partial charge in [0.2, 0.25) is 11.8 Å². The fourth-order valence-electron chi connectivity index (χ4n) is 1.51. The zero-order valence-electron chi connectivity index (χ0n) is 10.7. The van der Waals surface area contributed by atoms with Crippen LogP contribution in [-0.2, 0) is 20.7 Å². The zero-order chi connectivity index (χ0) is 14.3. The van der Waals surface area contributed by atoms with E-state index in [4.69, 9.17) is 10.5 Å². The van der Waals surface area contributed by atoms with Gasteiger partial charge in [-0.3, -0.25) is 9.59 Å². The van der Waals surface area contributed by atoms with E-state index in [9.17, 15) is 14.0 Å². The summed E-state index contributed by atoms with van der Waals surface area (Å²) in [6, 6.07) is 4.82. The Kier molecular flexibility index (Phi) is 5.95. The van der Waals surface area contributed by atoms with Gasteiger partial charge in [-0.05, 0) is 24.6 Å². The molecule has 0 aliphatic heterocycles. The molecule has 104 valence electrons. The quantitative estimate of drug-likeness (QED) is 0.750. The molecular formula is C13H17FN2O3. The van der Waals surface area contributed by atoms with E-state index in [1.165, 1.54) is 12.1 Å². The second kappa shape index (κ2) is 7.48. The molecule has 2 amide bonds. The molecule has 0 aliphatic carbocycles. The summed E-state index contributed by atoms with van der Waals surface area (Å²) in [6.45, 7) is 2.05. The molecule has 1 aromatic rings. The molecule has 1 aromatic carbocycles. The highest BCUT2D eigenvalue weighted by molar-refractivity contribution is 5.87. The Balaban J connectivity index is 2.60. The van der Waals surface area contributed by atoms with Gasteiger partial charge in [-0.1, -0.05) is 12.1 Å². The Labute approximate surface area is 110 Å². The third-order valence-corrected chi connectivity index (χ3v) is 2.47. The van der Waals surface area contributed by atoms with Crippen LogP contribution < -0.4 is 11.1 Å². The first-order valence-corrected chi connectivity index (χ1v) is 5.93. The molecule has 0 bridgehead atoms. The van der Waals surface area contributed by atoms with Crippen molar-refractivity contribution in [2.45, 2.75) is 19.4 Å². The maximum atomic E-state index is 12.8. The number of primary amides is 1. The molecule has 1 atom stereocenters. The van der Waals surface area contributed by atoms with E-state index in [1.807, 2.05) is 0 Å². The van der Waals surface area contributed by atoms with Gasteiger partial charge in [0.05, 0.1) is 0 Å². The van der Waals surface area contributed by atoms with Gasteiger partial charge in [0.25, 0.3) is 0 Å². The molecule has 0 aliphatic rings. The average Bonchev–Trinajstić information content (AvgIpc) is 2.38. The molecule has 0 spiro atoms. The summed E-state index contributed by atoms with van der Waals surface area (Å²) < 4.78 is 17.7. The number of benzene rings is 1. The molecule has 0 heterocycles. The van der Waals surface area contributed by atoms with E-state index in [2.05, 4.69) is 5.32 Å². The van der Waals surface area contributed by atoms with Crippen LogP contribution in [0.3, 0.4) is 0 Å². The molecular weight excluding hydrogens is 251 g/mol. The van der Waals surface area contributed by atoms with Gasteiger partial charge >= 0.3 is 0 Å². The van der Waals surface area contributed by atoms with Crippen LogP contribution in [0.25, 0.3) is 0 Å². The number of amides is 2. The molecule has 5 nitrogen and oxygen atoms in total. The van der Waals surface area contributed by atoms with Crippen LogP contribution in [0.5, 0.6) is 0 Å². The van der Waals surface area contributed by atoms with Crippen molar-refractivity contribution in [1.29, 1.82) is 0 Å². The van der Waals surface area contributed by atoms with Crippen LogP contribution in [0.1, 0.15) is 12.5 Å². The van der Waals surface area contributed by atoms with E-state index in [0.29, 0.717) is 12.2 Å². The Hall–Kier alpha value is -1.95. The SMILES string of the molecule is CCOCC(=O)N[C@@H](Cc1ccc(F)cc1)C(N)=O. The molecule has 0 radical (unpaired) electrons. The lowest BCUT2D eigenvalue weighted by atomic mass is 10.1. The van der Waals surface area contributed by atoms with Gasteiger partial charge in [-0.25, -0.2) is 4.39 Å². The van der Waals surface area contributed by atoms with Gasteiger partial charge in [0.1, 0.15) is 18.5 Å². The van der Waals surface area contributed by atoms with Crippen LogP contribution in [0, 0.1) is 5.82 Å². The first-order chi connectivity index (χ1) is 9.02. The Morgan fingerprint density at radius 3 is 2.53 bits per heavy atom. The first-order valence-electron chi connectivity index (χ1n) is 5.93. The van der Waals surface area contributed by atoms with Gasteiger partial charge in [-0.15, -0.1) is 0 Å². The molecule has 19 heavy (non-hydrogen) atoms. The minimum Gasteiger partial charge on any atom is -0.372 e. The summed E-state index contributed by atoms with van der Waals surface area (Å²) in [6.07, 6.45) is 0.216. The van der Waals surface area contributed by atoms with Crippen LogP contribution in [-0.4, -0.2) is 31.1 Å². The van der Waals surface area contributed by atoms with Crippen LogP contribution in [0.4, 0.5) is 4.39 Å². The molecule has 0 aromatic heterocycles. The van der Waals surface area contributed by atoms with Crippen molar-refractivity contribution in [3.8, 4) is 0 Å². The minimum absolute atomic E-state index is 0.121. The highest BCUT2D eigenvalue weighted by Crippen LogP contribution is 2.06. The first kappa shape index (κ1) is 15.1. The molecule has 0 saturated carbocycles. The molecule has 1 rings (SSSR count). The average molecular weight is 268 g/mol. The lowest BCUT2D eigenvalue weighted by Gasteiger charge is -2.15. The fraction of sp³-hybridized carbons (Fsp3) is 0.385. The Morgan fingerprint density at radius 1 is 1.37 bits per heavy atom. The van der Waals surface area contributed by atoms with Gasteiger partial charge in [-0.2, -0.15) is 0 Å². The number of ether oxygens (including phenoxy) is 1. The Bertz CT molecular complexity index is 434. The number of nitrogens with two attached hydrogens (primary N) is 1. The Morgan fingerprint density at radius 2 is 2.00 bits per heavy atom. The maximum absolute atomic E-state index is 12.8. The van der Waals surface area contributed by atoms with Crippen molar-refractivity contribution < 1.29 is 18.7 Å². The molecule has 6 heteroatoms.